The Balaban J connectivity index is 1.94. The van der Waals surface area contributed by atoms with E-state index in [0.717, 1.165) is 24.3 Å². The van der Waals surface area contributed by atoms with E-state index in [1.165, 1.54) is 24.3 Å². The van der Waals surface area contributed by atoms with E-state index in [2.05, 4.69) is 0 Å². The van der Waals surface area contributed by atoms with E-state index in [0.29, 0.717) is 0 Å². The zero-order valence-corrected chi connectivity index (χ0v) is 22.6. The number of halogens is 4. The average Bonchev–Trinajstić information content (AvgIpc) is 3.53. The molecule has 0 amide bonds. The third kappa shape index (κ3) is 4.15. The largest absolute Gasteiger partial charge is 0.205 e. The summed E-state index contributed by atoms with van der Waals surface area (Å²) in [6, 6.07) is 18.8. The SMILES string of the molecule is N#CC(C#N)=C1C(c2cc(F)c(C#N)c(F)c2)=C(C#N)c2cc3c(cc21)C(C#N)=C(c1cc(F)c(C#N)c(F)c1)C3=C(C#N)C#N. The van der Waals surface area contributed by atoms with Crippen LogP contribution in [0.2, 0.25) is 0 Å². The van der Waals surface area contributed by atoms with Crippen LogP contribution in [0.1, 0.15) is 44.5 Å². The molecule has 0 fully saturated rings. The minimum Gasteiger partial charge on any atom is -0.205 e. The standard InChI is InChI=1S/C34H6F4N8/c35-27-1-15(2-28(36)25(27)13-45)31-23(11-43)19-5-22-20(6-21(19)33(31)17(7-39)8-40)24(12-44)32(34(22)18(9-41)10-42)16-3-29(37)26(14-46)30(38)4-16/h1-6H. The van der Waals surface area contributed by atoms with E-state index < -0.39 is 45.5 Å². The van der Waals surface area contributed by atoms with Crippen LogP contribution in [0.5, 0.6) is 0 Å². The number of benzene rings is 3. The molecule has 3 aromatic carbocycles. The van der Waals surface area contributed by atoms with E-state index in [1.807, 2.05) is 12.1 Å². The molecule has 0 spiro atoms. The third-order valence-electron chi connectivity index (χ3n) is 7.29. The Labute approximate surface area is 256 Å². The highest BCUT2D eigenvalue weighted by atomic mass is 19.1. The lowest BCUT2D eigenvalue weighted by Crippen LogP contribution is -1.97. The van der Waals surface area contributed by atoms with Crippen molar-refractivity contribution < 1.29 is 17.6 Å². The fourth-order valence-electron chi connectivity index (χ4n) is 5.47. The van der Waals surface area contributed by atoms with Gasteiger partial charge in [-0.05, 0) is 58.7 Å². The van der Waals surface area contributed by atoms with Crippen molar-refractivity contribution >= 4 is 33.4 Å². The molecule has 46 heavy (non-hydrogen) atoms. The molecule has 0 bridgehead atoms. The first kappa shape index (κ1) is 29.7. The predicted octanol–water partition coefficient (Wildman–Crippen LogP) is 6.48. The summed E-state index contributed by atoms with van der Waals surface area (Å²) in [5.41, 5.74) is -5.25. The summed E-state index contributed by atoms with van der Waals surface area (Å²) in [7, 11) is 0. The van der Waals surface area contributed by atoms with Crippen molar-refractivity contribution in [1.82, 2.24) is 0 Å². The molecule has 0 aliphatic heterocycles. The summed E-state index contributed by atoms with van der Waals surface area (Å²) >= 11 is 0. The second kappa shape index (κ2) is 11.2. The number of rotatable bonds is 2. The van der Waals surface area contributed by atoms with Crippen molar-refractivity contribution in [3.8, 4) is 48.6 Å². The van der Waals surface area contributed by atoms with E-state index in [9.17, 15) is 49.1 Å². The molecule has 0 unspecified atom stereocenters. The minimum absolute atomic E-state index is 0.0189. The van der Waals surface area contributed by atoms with Gasteiger partial charge in [-0.3, -0.25) is 0 Å². The molecule has 0 saturated heterocycles. The highest BCUT2D eigenvalue weighted by Gasteiger charge is 2.38. The van der Waals surface area contributed by atoms with Gasteiger partial charge in [-0.15, -0.1) is 0 Å². The lowest BCUT2D eigenvalue weighted by atomic mass is 9.90. The molecule has 0 aromatic heterocycles. The molecule has 0 saturated carbocycles. The number of nitriles is 8. The Morgan fingerprint density at radius 3 is 0.957 bits per heavy atom. The number of nitrogens with zero attached hydrogens (tertiary/aromatic N) is 8. The Bertz CT molecular complexity index is 2240. The summed E-state index contributed by atoms with van der Waals surface area (Å²) in [6.07, 6.45) is 0. The van der Waals surface area contributed by atoms with Gasteiger partial charge in [0.25, 0.3) is 0 Å². The maximum atomic E-state index is 14.7. The quantitative estimate of drug-likeness (QED) is 0.235. The van der Waals surface area contributed by atoms with Gasteiger partial charge in [-0.1, -0.05) is 0 Å². The van der Waals surface area contributed by atoms with Gasteiger partial charge >= 0.3 is 0 Å². The molecule has 2 aliphatic rings. The molecule has 0 N–H and O–H groups in total. The van der Waals surface area contributed by atoms with E-state index in [4.69, 9.17) is 10.5 Å². The van der Waals surface area contributed by atoms with E-state index in [-0.39, 0.29) is 66.8 Å². The van der Waals surface area contributed by atoms with Crippen LogP contribution in [0.15, 0.2) is 47.5 Å². The fraction of sp³-hybridized carbons (Fsp3) is 0. The summed E-state index contributed by atoms with van der Waals surface area (Å²) < 4.78 is 59.0. The van der Waals surface area contributed by atoms with Gasteiger partial charge in [0.2, 0.25) is 0 Å². The summed E-state index contributed by atoms with van der Waals surface area (Å²) in [6.45, 7) is 0. The first-order valence-electron chi connectivity index (χ1n) is 12.5. The van der Waals surface area contributed by atoms with Gasteiger partial charge in [-0.2, -0.15) is 42.1 Å². The number of allylic oxidation sites excluding steroid dienone is 8. The molecule has 0 radical (unpaired) electrons. The van der Waals surface area contributed by atoms with Gasteiger partial charge in [0.1, 0.15) is 94.1 Å². The molecule has 210 valence electrons. The van der Waals surface area contributed by atoms with Crippen LogP contribution >= 0.6 is 0 Å². The fourth-order valence-corrected chi connectivity index (χ4v) is 5.47. The molecule has 5 rings (SSSR count). The second-order valence-electron chi connectivity index (χ2n) is 9.47. The molecular weight excluding hydrogens is 596 g/mol. The number of hydrogen-bond acceptors (Lipinski definition) is 8. The first-order chi connectivity index (χ1) is 22.1. The summed E-state index contributed by atoms with van der Waals surface area (Å²) in [5.74, 6) is -5.13. The zero-order valence-electron chi connectivity index (χ0n) is 22.6. The van der Waals surface area contributed by atoms with Crippen LogP contribution in [0.4, 0.5) is 17.6 Å². The predicted molar refractivity (Wildman–Crippen MR) is 150 cm³/mol. The van der Waals surface area contributed by atoms with Crippen molar-refractivity contribution in [2.24, 2.45) is 0 Å². The van der Waals surface area contributed by atoms with Gasteiger partial charge in [0.05, 0.1) is 11.1 Å². The van der Waals surface area contributed by atoms with Crippen molar-refractivity contribution in [2.45, 2.75) is 0 Å². The van der Waals surface area contributed by atoms with Crippen LogP contribution < -0.4 is 0 Å². The summed E-state index contributed by atoms with van der Waals surface area (Å²) in [5, 5.41) is 78.0. The maximum absolute atomic E-state index is 14.7. The van der Waals surface area contributed by atoms with Crippen LogP contribution in [0, 0.1) is 114 Å². The smallest absolute Gasteiger partial charge is 0.144 e. The van der Waals surface area contributed by atoms with Gasteiger partial charge < -0.3 is 0 Å². The van der Waals surface area contributed by atoms with Crippen molar-refractivity contribution in [2.75, 3.05) is 0 Å². The molecule has 0 atom stereocenters. The Morgan fingerprint density at radius 1 is 0.413 bits per heavy atom. The second-order valence-corrected chi connectivity index (χ2v) is 9.47. The molecule has 3 aromatic rings. The first-order valence-corrected chi connectivity index (χ1v) is 12.5. The lowest BCUT2D eigenvalue weighted by molar-refractivity contribution is 0.575. The van der Waals surface area contributed by atoms with Gasteiger partial charge in [0, 0.05) is 33.4 Å². The molecule has 2 aliphatic carbocycles. The average molecular weight is 602 g/mol. The zero-order chi connectivity index (χ0) is 33.4. The number of hydrogen-bond donors (Lipinski definition) is 0. The third-order valence-corrected chi connectivity index (χ3v) is 7.29. The van der Waals surface area contributed by atoms with E-state index >= 15 is 0 Å². The van der Waals surface area contributed by atoms with Crippen LogP contribution in [-0.2, 0) is 0 Å². The minimum atomic E-state index is -1.28. The van der Waals surface area contributed by atoms with Crippen molar-refractivity contribution in [1.29, 1.82) is 42.1 Å². The number of fused-ring (bicyclic) bond motifs is 2. The van der Waals surface area contributed by atoms with Crippen LogP contribution in [0.25, 0.3) is 33.4 Å². The van der Waals surface area contributed by atoms with Gasteiger partial charge in [-0.25, -0.2) is 17.6 Å². The lowest BCUT2D eigenvalue weighted by Gasteiger charge is -2.11. The Hall–Kier alpha value is -7.74. The van der Waals surface area contributed by atoms with Crippen molar-refractivity contribution in [3.05, 3.63) is 115 Å². The molecule has 12 heteroatoms. The normalized spacial score (nSPS) is 12.3. The highest BCUT2D eigenvalue weighted by Crippen LogP contribution is 2.54. The highest BCUT2D eigenvalue weighted by molar-refractivity contribution is 6.29. The maximum Gasteiger partial charge on any atom is 0.144 e. The molecule has 8 nitrogen and oxygen atoms in total. The Morgan fingerprint density at radius 2 is 0.717 bits per heavy atom. The van der Waals surface area contributed by atoms with E-state index in [1.54, 1.807) is 24.3 Å². The molecular formula is C34H6F4N8. The Kier molecular flexibility index (Phi) is 7.21. The molecule has 0 heterocycles. The van der Waals surface area contributed by atoms with Gasteiger partial charge in [0.15, 0.2) is 0 Å². The van der Waals surface area contributed by atoms with Crippen LogP contribution in [-0.4, -0.2) is 0 Å². The van der Waals surface area contributed by atoms with Crippen molar-refractivity contribution in [3.63, 3.8) is 0 Å². The monoisotopic (exact) mass is 602 g/mol. The van der Waals surface area contributed by atoms with Crippen LogP contribution in [0.3, 0.4) is 0 Å². The summed E-state index contributed by atoms with van der Waals surface area (Å²) in [4.78, 5) is 0. The topological polar surface area (TPSA) is 190 Å².